The summed E-state index contributed by atoms with van der Waals surface area (Å²) in [6.07, 6.45) is 1.53. The van der Waals surface area contributed by atoms with Gasteiger partial charge in [-0.15, -0.1) is 0 Å². The summed E-state index contributed by atoms with van der Waals surface area (Å²) in [6, 6.07) is 19.6. The van der Waals surface area contributed by atoms with Crippen LogP contribution in [0, 0.1) is 11.3 Å². The summed E-state index contributed by atoms with van der Waals surface area (Å²) >= 11 is 13.0. The number of furan rings is 1. The van der Waals surface area contributed by atoms with E-state index >= 15 is 0 Å². The second-order valence-corrected chi connectivity index (χ2v) is 9.51. The number of halogens is 3. The highest BCUT2D eigenvalue weighted by atomic mass is 79.9. The van der Waals surface area contributed by atoms with E-state index in [0.717, 1.165) is 5.39 Å². The minimum absolute atomic E-state index is 0.0884. The first-order valence-corrected chi connectivity index (χ1v) is 12.2. The standard InChI is InChI=1S/C25H13Br2ClN4O3/c26-18-9-14(10-19(27)23(18)34-8-7-29)13-30-32-24(31-20-4-2-1-3-17(20)25(32)33)22-12-15-11-16(28)5-6-21(15)35-22/h1-6,9-13H,8H2. The van der Waals surface area contributed by atoms with Gasteiger partial charge in [0.05, 0.1) is 26.1 Å². The van der Waals surface area contributed by atoms with Gasteiger partial charge in [0, 0.05) is 10.4 Å². The molecule has 0 radical (unpaired) electrons. The van der Waals surface area contributed by atoms with E-state index in [1.165, 1.54) is 10.9 Å². The number of nitrogens with zero attached hydrogens (tertiary/aromatic N) is 4. The lowest BCUT2D eigenvalue weighted by molar-refractivity contribution is 0.363. The molecule has 5 aromatic rings. The number of fused-ring (bicyclic) bond motifs is 2. The van der Waals surface area contributed by atoms with Crippen LogP contribution in [-0.2, 0) is 0 Å². The van der Waals surface area contributed by atoms with Gasteiger partial charge in [-0.05, 0) is 86.0 Å². The van der Waals surface area contributed by atoms with E-state index in [-0.39, 0.29) is 18.0 Å². The van der Waals surface area contributed by atoms with E-state index in [2.05, 4.69) is 41.9 Å². The molecule has 172 valence electrons. The van der Waals surface area contributed by atoms with Crippen LogP contribution < -0.4 is 10.3 Å². The van der Waals surface area contributed by atoms with Crippen LogP contribution in [0.5, 0.6) is 5.75 Å². The molecule has 3 aromatic carbocycles. The third kappa shape index (κ3) is 4.60. The highest BCUT2D eigenvalue weighted by Crippen LogP contribution is 2.34. The van der Waals surface area contributed by atoms with Gasteiger partial charge in [0.15, 0.2) is 12.4 Å². The normalized spacial score (nSPS) is 11.4. The van der Waals surface area contributed by atoms with Crippen LogP contribution >= 0.6 is 43.5 Å². The lowest BCUT2D eigenvalue weighted by Gasteiger charge is -2.09. The molecular weight excluding hydrogens is 600 g/mol. The van der Waals surface area contributed by atoms with Gasteiger partial charge in [-0.25, -0.2) is 4.98 Å². The zero-order chi connectivity index (χ0) is 24.5. The Hall–Kier alpha value is -3.45. The number of para-hydroxylation sites is 1. The molecule has 0 aliphatic heterocycles. The lowest BCUT2D eigenvalue weighted by Crippen LogP contribution is -2.20. The minimum Gasteiger partial charge on any atom is -0.476 e. The third-order valence-corrected chi connectivity index (χ3v) is 6.49. The Labute approximate surface area is 220 Å². The Morgan fingerprint density at radius 2 is 1.91 bits per heavy atom. The summed E-state index contributed by atoms with van der Waals surface area (Å²) in [6.45, 7) is -0.0884. The zero-order valence-corrected chi connectivity index (χ0v) is 21.6. The fraction of sp³-hybridized carbons (Fsp3) is 0.0400. The lowest BCUT2D eigenvalue weighted by atomic mass is 10.2. The molecule has 0 fully saturated rings. The monoisotopic (exact) mass is 610 g/mol. The van der Waals surface area contributed by atoms with E-state index < -0.39 is 0 Å². The number of benzene rings is 3. The first-order chi connectivity index (χ1) is 16.9. The highest BCUT2D eigenvalue weighted by Gasteiger charge is 2.17. The van der Waals surface area contributed by atoms with Crippen molar-refractivity contribution in [3.63, 3.8) is 0 Å². The van der Waals surface area contributed by atoms with Gasteiger partial charge in [-0.1, -0.05) is 23.7 Å². The molecule has 0 bridgehead atoms. The van der Waals surface area contributed by atoms with E-state index in [1.54, 1.807) is 54.6 Å². The van der Waals surface area contributed by atoms with Crippen molar-refractivity contribution in [3.05, 3.63) is 90.5 Å². The van der Waals surface area contributed by atoms with Gasteiger partial charge in [0.1, 0.15) is 17.4 Å². The molecule has 35 heavy (non-hydrogen) atoms. The molecule has 0 atom stereocenters. The highest BCUT2D eigenvalue weighted by molar-refractivity contribution is 9.11. The van der Waals surface area contributed by atoms with Crippen LogP contribution in [0.1, 0.15) is 5.56 Å². The average molecular weight is 613 g/mol. The number of aromatic nitrogens is 2. The molecule has 0 saturated carbocycles. The maximum atomic E-state index is 13.4. The van der Waals surface area contributed by atoms with Crippen LogP contribution in [0.25, 0.3) is 33.5 Å². The fourth-order valence-electron chi connectivity index (χ4n) is 3.54. The summed E-state index contributed by atoms with van der Waals surface area (Å²) in [5.41, 5.74) is 1.48. The Kier molecular flexibility index (Phi) is 6.43. The number of ether oxygens (including phenoxy) is 1. The molecule has 10 heteroatoms. The van der Waals surface area contributed by atoms with E-state index in [0.29, 0.717) is 47.5 Å². The summed E-state index contributed by atoms with van der Waals surface area (Å²) in [5, 5.41) is 15.0. The molecule has 0 unspecified atom stereocenters. The van der Waals surface area contributed by atoms with Crippen LogP contribution in [0.4, 0.5) is 0 Å². The van der Waals surface area contributed by atoms with Gasteiger partial charge >= 0.3 is 0 Å². The summed E-state index contributed by atoms with van der Waals surface area (Å²) in [5.74, 6) is 1.13. The van der Waals surface area contributed by atoms with Crippen molar-refractivity contribution in [3.8, 4) is 23.4 Å². The summed E-state index contributed by atoms with van der Waals surface area (Å²) in [7, 11) is 0. The van der Waals surface area contributed by atoms with Gasteiger partial charge in [0.2, 0.25) is 5.82 Å². The van der Waals surface area contributed by atoms with E-state index in [9.17, 15) is 4.79 Å². The molecule has 2 aromatic heterocycles. The zero-order valence-electron chi connectivity index (χ0n) is 17.7. The Bertz CT molecular complexity index is 1710. The smallest absolute Gasteiger partial charge is 0.282 e. The van der Waals surface area contributed by atoms with Crippen molar-refractivity contribution < 1.29 is 9.15 Å². The van der Waals surface area contributed by atoms with Gasteiger partial charge in [-0.3, -0.25) is 4.79 Å². The van der Waals surface area contributed by atoms with Crippen LogP contribution in [0.15, 0.2) is 83.9 Å². The van der Waals surface area contributed by atoms with Crippen molar-refractivity contribution in [2.45, 2.75) is 0 Å². The van der Waals surface area contributed by atoms with Gasteiger partial charge in [0.25, 0.3) is 5.56 Å². The number of rotatable bonds is 5. The van der Waals surface area contributed by atoms with Crippen molar-refractivity contribution in [2.24, 2.45) is 5.10 Å². The second kappa shape index (κ2) is 9.66. The Balaban J connectivity index is 1.65. The maximum Gasteiger partial charge on any atom is 0.282 e. The summed E-state index contributed by atoms with van der Waals surface area (Å²) < 4.78 is 13.9. The largest absolute Gasteiger partial charge is 0.476 e. The second-order valence-electron chi connectivity index (χ2n) is 7.37. The molecule has 0 spiro atoms. The number of nitriles is 1. The molecule has 0 N–H and O–H groups in total. The van der Waals surface area contributed by atoms with Crippen molar-refractivity contribution >= 4 is 71.5 Å². The van der Waals surface area contributed by atoms with Gasteiger partial charge < -0.3 is 9.15 Å². The molecule has 0 amide bonds. The minimum atomic E-state index is -0.340. The van der Waals surface area contributed by atoms with E-state index in [1.807, 2.05) is 12.1 Å². The van der Waals surface area contributed by atoms with Crippen LogP contribution in [0.2, 0.25) is 5.02 Å². The number of hydrogen-bond acceptors (Lipinski definition) is 6. The first kappa shape index (κ1) is 23.3. The van der Waals surface area contributed by atoms with Crippen molar-refractivity contribution in [2.75, 3.05) is 6.61 Å². The maximum absolute atomic E-state index is 13.4. The molecular formula is C25H13Br2ClN4O3. The van der Waals surface area contributed by atoms with Crippen LogP contribution in [-0.4, -0.2) is 22.5 Å². The molecule has 5 rings (SSSR count). The topological polar surface area (TPSA) is 93.4 Å². The molecule has 0 saturated heterocycles. The van der Waals surface area contributed by atoms with Gasteiger partial charge in [-0.2, -0.15) is 15.0 Å². The van der Waals surface area contributed by atoms with Crippen molar-refractivity contribution in [1.29, 1.82) is 5.26 Å². The molecule has 0 aliphatic carbocycles. The third-order valence-electron chi connectivity index (χ3n) is 5.08. The Morgan fingerprint density at radius 1 is 1.14 bits per heavy atom. The number of hydrogen-bond donors (Lipinski definition) is 0. The summed E-state index contributed by atoms with van der Waals surface area (Å²) in [4.78, 5) is 18.1. The Morgan fingerprint density at radius 3 is 2.69 bits per heavy atom. The molecule has 2 heterocycles. The molecule has 7 nitrogen and oxygen atoms in total. The average Bonchev–Trinajstić information content (AvgIpc) is 3.26. The SMILES string of the molecule is N#CCOc1c(Br)cc(C=Nn2c(-c3cc4cc(Cl)ccc4o3)nc3ccccc3c2=O)cc1Br. The van der Waals surface area contributed by atoms with Crippen LogP contribution in [0.3, 0.4) is 0 Å². The first-order valence-electron chi connectivity index (χ1n) is 10.2. The van der Waals surface area contributed by atoms with Crippen molar-refractivity contribution in [1.82, 2.24) is 9.66 Å². The predicted octanol–water partition coefficient (Wildman–Crippen LogP) is 6.77. The predicted molar refractivity (Wildman–Crippen MR) is 142 cm³/mol. The van der Waals surface area contributed by atoms with E-state index in [4.69, 9.17) is 26.0 Å². The molecule has 0 aliphatic rings. The quantitative estimate of drug-likeness (QED) is 0.204. The fourth-order valence-corrected chi connectivity index (χ4v) is 5.17.